The number of carbonyl (C=O) groups excluding carboxylic acids is 1. The first-order chi connectivity index (χ1) is 18.2. The van der Waals surface area contributed by atoms with Crippen molar-refractivity contribution in [1.29, 1.82) is 0 Å². The topological polar surface area (TPSA) is 116 Å². The van der Waals surface area contributed by atoms with E-state index in [9.17, 15) is 4.79 Å². The van der Waals surface area contributed by atoms with E-state index < -0.39 is 11.9 Å². The highest BCUT2D eigenvalue weighted by Gasteiger charge is 2.41. The van der Waals surface area contributed by atoms with Crippen molar-refractivity contribution in [3.63, 3.8) is 0 Å². The molecule has 8 nitrogen and oxygen atoms in total. The number of fused-ring (bicyclic) bond motifs is 3. The summed E-state index contributed by atoms with van der Waals surface area (Å²) in [4.78, 5) is 34.1. The van der Waals surface area contributed by atoms with Gasteiger partial charge in [-0.2, -0.15) is 0 Å². The molecule has 0 aliphatic carbocycles. The molecule has 0 spiro atoms. The number of carbonyl (C=O) groups is 3. The van der Waals surface area contributed by atoms with Gasteiger partial charge in [-0.1, -0.05) is 63.9 Å². The number of methoxy groups -OCH3 is 1. The van der Waals surface area contributed by atoms with Crippen LogP contribution in [-0.4, -0.2) is 58.2 Å². The molecule has 0 saturated carbocycles. The van der Waals surface area contributed by atoms with E-state index in [0.29, 0.717) is 23.4 Å². The average Bonchev–Trinajstić information content (AvgIpc) is 3.12. The fraction of sp³-hybridized carbons (Fsp3) is 0.321. The van der Waals surface area contributed by atoms with Gasteiger partial charge >= 0.3 is 11.9 Å². The highest BCUT2D eigenvalue weighted by atomic mass is 79.9. The maximum atomic E-state index is 13.3. The number of ether oxygens (including phenoxy) is 1. The van der Waals surface area contributed by atoms with Gasteiger partial charge in [0.05, 0.1) is 12.7 Å². The van der Waals surface area contributed by atoms with Crippen molar-refractivity contribution >= 4 is 56.1 Å². The molecule has 2 fully saturated rings. The van der Waals surface area contributed by atoms with Crippen LogP contribution in [0.2, 0.25) is 5.02 Å². The molecule has 3 N–H and O–H groups in total. The Hall–Kier alpha value is -3.14. The van der Waals surface area contributed by atoms with E-state index in [1.54, 1.807) is 7.11 Å². The summed E-state index contributed by atoms with van der Waals surface area (Å²) in [7, 11) is 1.63. The molecule has 3 aromatic rings. The number of benzene rings is 3. The Bertz CT molecular complexity index is 1320. The summed E-state index contributed by atoms with van der Waals surface area (Å²) >= 11 is 9.67. The maximum Gasteiger partial charge on any atom is 0.414 e. The highest BCUT2D eigenvalue weighted by molar-refractivity contribution is 9.10. The number of halogens is 2. The van der Waals surface area contributed by atoms with Crippen molar-refractivity contribution in [1.82, 2.24) is 10.2 Å². The number of nitrogens with zero attached hydrogens (tertiary/aromatic N) is 1. The Morgan fingerprint density at radius 3 is 2.13 bits per heavy atom. The molecule has 0 radical (unpaired) electrons. The molecule has 1 amide bonds. The number of carboxylic acids is 2. The SMILES string of the molecule is COc1c(C(=O)NC2CC3CCC(C2)N3Cc2ccc(Cl)cc2)cc(Br)c2ccccc12.O=C(O)C(=O)O. The van der Waals surface area contributed by atoms with Gasteiger partial charge in [-0.3, -0.25) is 9.69 Å². The molecule has 2 aliphatic rings. The monoisotopic (exact) mass is 602 g/mol. The number of aliphatic carboxylic acids is 2. The minimum atomic E-state index is -1.82. The van der Waals surface area contributed by atoms with Crippen molar-refractivity contribution in [3.8, 4) is 5.75 Å². The van der Waals surface area contributed by atoms with E-state index in [1.807, 2.05) is 42.5 Å². The van der Waals surface area contributed by atoms with E-state index in [2.05, 4.69) is 38.3 Å². The van der Waals surface area contributed by atoms with Gasteiger partial charge in [-0.05, 0) is 54.8 Å². The largest absolute Gasteiger partial charge is 0.495 e. The van der Waals surface area contributed by atoms with Gasteiger partial charge in [0.15, 0.2) is 0 Å². The Labute approximate surface area is 233 Å². The highest BCUT2D eigenvalue weighted by Crippen LogP contribution is 2.38. The minimum Gasteiger partial charge on any atom is -0.495 e. The summed E-state index contributed by atoms with van der Waals surface area (Å²) in [5.74, 6) is -3.08. The third-order valence-corrected chi connectivity index (χ3v) is 7.98. The maximum absolute atomic E-state index is 13.3. The summed E-state index contributed by atoms with van der Waals surface area (Å²) in [6, 6.07) is 19.2. The fourth-order valence-electron chi connectivity index (χ4n) is 5.41. The second kappa shape index (κ2) is 12.1. The number of piperidine rings is 1. The van der Waals surface area contributed by atoms with Gasteiger partial charge in [0.25, 0.3) is 5.91 Å². The molecular formula is C28H28BrClN2O6. The van der Waals surface area contributed by atoms with E-state index in [1.165, 1.54) is 18.4 Å². The van der Waals surface area contributed by atoms with Crippen molar-refractivity contribution in [2.24, 2.45) is 0 Å². The van der Waals surface area contributed by atoms with Crippen LogP contribution in [0.3, 0.4) is 0 Å². The van der Waals surface area contributed by atoms with Gasteiger partial charge in [0, 0.05) is 39.6 Å². The normalized spacial score (nSPS) is 20.3. The number of amides is 1. The first-order valence-corrected chi connectivity index (χ1v) is 13.4. The van der Waals surface area contributed by atoms with Crippen LogP contribution in [0.5, 0.6) is 5.75 Å². The van der Waals surface area contributed by atoms with Crippen LogP contribution in [-0.2, 0) is 16.1 Å². The van der Waals surface area contributed by atoms with Crippen molar-refractivity contribution in [2.45, 2.75) is 50.4 Å². The molecule has 2 bridgehead atoms. The first kappa shape index (κ1) is 27.9. The Balaban J connectivity index is 0.000000505. The number of hydrogen-bond donors (Lipinski definition) is 3. The lowest BCUT2D eigenvalue weighted by molar-refractivity contribution is -0.159. The number of rotatable bonds is 5. The van der Waals surface area contributed by atoms with E-state index in [-0.39, 0.29) is 11.9 Å². The summed E-state index contributed by atoms with van der Waals surface area (Å²) in [6.45, 7) is 0.943. The third-order valence-electron chi connectivity index (χ3n) is 7.07. The van der Waals surface area contributed by atoms with Crippen molar-refractivity contribution in [2.75, 3.05) is 7.11 Å². The van der Waals surface area contributed by atoms with Crippen LogP contribution >= 0.6 is 27.5 Å². The predicted molar refractivity (Wildman–Crippen MR) is 148 cm³/mol. The molecular weight excluding hydrogens is 576 g/mol. The number of hydrogen-bond acceptors (Lipinski definition) is 5. The third kappa shape index (κ3) is 6.28. The molecule has 2 heterocycles. The van der Waals surface area contributed by atoms with Gasteiger partial charge in [-0.25, -0.2) is 9.59 Å². The lowest BCUT2D eigenvalue weighted by Crippen LogP contribution is -2.50. The average molecular weight is 604 g/mol. The second-order valence-electron chi connectivity index (χ2n) is 9.42. The second-order valence-corrected chi connectivity index (χ2v) is 10.7. The van der Waals surface area contributed by atoms with Crippen LogP contribution < -0.4 is 10.1 Å². The zero-order valence-electron chi connectivity index (χ0n) is 20.7. The standard InChI is InChI=1S/C26H26BrClN2O2.C2H2O4/c1-32-25-22-5-3-2-4-21(22)24(27)14-23(25)26(31)29-18-12-19-10-11-20(13-18)30(19)15-16-6-8-17(28)9-7-16;3-1(4)2(5)6/h2-9,14,18-20H,10-13,15H2,1H3,(H,29,31);(H,3,4)(H,5,6). The van der Waals surface area contributed by atoms with E-state index in [0.717, 1.165) is 39.7 Å². The molecule has 38 heavy (non-hydrogen) atoms. The molecule has 200 valence electrons. The Kier molecular flexibility index (Phi) is 8.91. The van der Waals surface area contributed by atoms with Gasteiger partial charge < -0.3 is 20.3 Å². The minimum absolute atomic E-state index is 0.0659. The Morgan fingerprint density at radius 2 is 1.58 bits per heavy atom. The predicted octanol–water partition coefficient (Wildman–Crippen LogP) is 5.35. The molecule has 10 heteroatoms. The van der Waals surface area contributed by atoms with Crippen LogP contribution in [0.15, 0.2) is 59.1 Å². The first-order valence-electron chi connectivity index (χ1n) is 12.2. The van der Waals surface area contributed by atoms with E-state index >= 15 is 0 Å². The lowest BCUT2D eigenvalue weighted by atomic mass is 9.96. The smallest absolute Gasteiger partial charge is 0.414 e. The van der Waals surface area contributed by atoms with Gasteiger partial charge in [0.1, 0.15) is 5.75 Å². The molecule has 5 rings (SSSR count). The molecule has 2 aliphatic heterocycles. The summed E-state index contributed by atoms with van der Waals surface area (Å²) in [5.41, 5.74) is 1.87. The fourth-order valence-corrected chi connectivity index (χ4v) is 6.11. The van der Waals surface area contributed by atoms with Crippen LogP contribution in [0, 0.1) is 0 Å². The van der Waals surface area contributed by atoms with Crippen LogP contribution in [0.1, 0.15) is 41.6 Å². The van der Waals surface area contributed by atoms with Gasteiger partial charge in [0.2, 0.25) is 0 Å². The molecule has 0 aromatic heterocycles. The molecule has 2 unspecified atom stereocenters. The zero-order valence-corrected chi connectivity index (χ0v) is 23.0. The molecule has 2 atom stereocenters. The van der Waals surface area contributed by atoms with Gasteiger partial charge in [-0.15, -0.1) is 0 Å². The summed E-state index contributed by atoms with van der Waals surface area (Å²) in [5, 5.41) is 20.8. The summed E-state index contributed by atoms with van der Waals surface area (Å²) < 4.78 is 6.57. The number of carboxylic acid groups (broad SMARTS) is 2. The van der Waals surface area contributed by atoms with Crippen LogP contribution in [0.4, 0.5) is 0 Å². The van der Waals surface area contributed by atoms with Crippen molar-refractivity contribution < 1.29 is 29.3 Å². The van der Waals surface area contributed by atoms with Crippen LogP contribution in [0.25, 0.3) is 10.8 Å². The van der Waals surface area contributed by atoms with E-state index in [4.69, 9.17) is 36.1 Å². The van der Waals surface area contributed by atoms with Crippen molar-refractivity contribution in [3.05, 3.63) is 75.2 Å². The number of nitrogens with one attached hydrogen (secondary N) is 1. The lowest BCUT2D eigenvalue weighted by Gasteiger charge is -2.39. The molecule has 3 aromatic carbocycles. The Morgan fingerprint density at radius 1 is 1.00 bits per heavy atom. The zero-order chi connectivity index (χ0) is 27.4. The summed E-state index contributed by atoms with van der Waals surface area (Å²) in [6.07, 6.45) is 4.34. The quantitative estimate of drug-likeness (QED) is 0.337. The molecule has 2 saturated heterocycles.